The highest BCUT2D eigenvalue weighted by Gasteiger charge is 2.49. The molecular weight excluding hydrogens is 417 g/mol. The first-order valence-electron chi connectivity index (χ1n) is 11.6. The second-order valence-corrected chi connectivity index (χ2v) is 9.16. The zero-order valence-electron chi connectivity index (χ0n) is 18.6. The van der Waals surface area contributed by atoms with Crippen molar-refractivity contribution < 1.29 is 19.0 Å². The van der Waals surface area contributed by atoms with Crippen LogP contribution in [0, 0.1) is 11.7 Å². The molecule has 33 heavy (non-hydrogen) atoms. The first-order valence-corrected chi connectivity index (χ1v) is 11.6. The maximum atomic E-state index is 13.7. The molecule has 4 unspecified atom stereocenters. The molecule has 2 bridgehead atoms. The van der Waals surface area contributed by atoms with Gasteiger partial charge in [-0.15, -0.1) is 0 Å². The van der Waals surface area contributed by atoms with Gasteiger partial charge in [0.05, 0.1) is 0 Å². The van der Waals surface area contributed by atoms with Crippen molar-refractivity contribution in [3.63, 3.8) is 0 Å². The van der Waals surface area contributed by atoms with Crippen molar-refractivity contribution in [2.24, 2.45) is 5.92 Å². The summed E-state index contributed by atoms with van der Waals surface area (Å²) in [5, 5.41) is 15.5. The Bertz CT molecular complexity index is 1110. The molecule has 2 aliphatic rings. The van der Waals surface area contributed by atoms with E-state index in [4.69, 9.17) is 4.74 Å². The number of carbonyl (C=O) groups excluding carboxylic acids is 1. The van der Waals surface area contributed by atoms with Crippen molar-refractivity contribution in [2.75, 3.05) is 6.54 Å². The molecule has 3 aromatic rings. The van der Waals surface area contributed by atoms with Crippen LogP contribution in [-0.4, -0.2) is 29.8 Å². The van der Waals surface area contributed by atoms with Crippen LogP contribution >= 0.6 is 0 Å². The van der Waals surface area contributed by atoms with Crippen molar-refractivity contribution >= 4 is 5.97 Å². The van der Waals surface area contributed by atoms with Gasteiger partial charge in [0.1, 0.15) is 11.9 Å². The van der Waals surface area contributed by atoms with Gasteiger partial charge in [0.15, 0.2) is 0 Å². The minimum Gasteiger partial charge on any atom is -0.458 e. The number of rotatable bonds is 6. The first kappa shape index (κ1) is 21.8. The molecule has 2 fully saturated rings. The van der Waals surface area contributed by atoms with E-state index in [2.05, 4.69) is 5.32 Å². The van der Waals surface area contributed by atoms with Crippen molar-refractivity contribution in [3.05, 3.63) is 107 Å². The molecule has 1 heterocycles. The zero-order valence-corrected chi connectivity index (χ0v) is 18.6. The quantitative estimate of drug-likeness (QED) is 0.549. The lowest BCUT2D eigenvalue weighted by molar-refractivity contribution is -0.169. The van der Waals surface area contributed by atoms with E-state index in [0.29, 0.717) is 11.1 Å². The molecule has 0 radical (unpaired) electrons. The number of aliphatic hydroxyl groups is 1. The minimum absolute atomic E-state index is 0.0773. The van der Waals surface area contributed by atoms with Gasteiger partial charge in [0, 0.05) is 30.0 Å². The summed E-state index contributed by atoms with van der Waals surface area (Å²) in [6.45, 7) is 2.87. The number of benzene rings is 3. The standard InChI is InChI=1S/C28H28FNO3/c1-18(19-7-3-2-4-8-19)23-9-5-6-10-24(23)28(32,21-12-14-22(29)15-13-21)27(31)33-26-20-11-16-25(26)30-17-20/h2-10,12-15,18,20,25-26,30,32H,11,16-17H2,1H3/t18-,20?,25?,26?,28?/m1/s1. The lowest BCUT2D eigenvalue weighted by Crippen LogP contribution is -2.43. The lowest BCUT2D eigenvalue weighted by atomic mass is 9.79. The highest BCUT2D eigenvalue weighted by Crippen LogP contribution is 2.40. The number of fused-ring (bicyclic) bond motifs is 2. The molecule has 4 nitrogen and oxygen atoms in total. The average molecular weight is 446 g/mol. The van der Waals surface area contributed by atoms with E-state index in [-0.39, 0.29) is 24.0 Å². The Hall–Kier alpha value is -3.02. The third-order valence-corrected chi connectivity index (χ3v) is 7.27. The van der Waals surface area contributed by atoms with E-state index in [9.17, 15) is 14.3 Å². The van der Waals surface area contributed by atoms with E-state index in [1.54, 1.807) is 12.1 Å². The molecule has 1 aliphatic heterocycles. The highest BCUT2D eigenvalue weighted by atomic mass is 19.1. The molecule has 170 valence electrons. The molecule has 1 saturated heterocycles. The largest absolute Gasteiger partial charge is 0.458 e. The summed E-state index contributed by atoms with van der Waals surface area (Å²) in [7, 11) is 0. The second-order valence-electron chi connectivity index (χ2n) is 9.16. The first-order chi connectivity index (χ1) is 16.0. The van der Waals surface area contributed by atoms with Crippen molar-refractivity contribution in [3.8, 4) is 0 Å². The Morgan fingerprint density at radius 2 is 1.73 bits per heavy atom. The molecular formula is C28H28FNO3. The predicted octanol–water partition coefficient (Wildman–Crippen LogP) is 4.51. The topological polar surface area (TPSA) is 58.6 Å². The molecule has 1 saturated carbocycles. The van der Waals surface area contributed by atoms with Crippen LogP contribution in [0.1, 0.15) is 47.9 Å². The molecule has 2 N–H and O–H groups in total. The van der Waals surface area contributed by atoms with Gasteiger partial charge in [-0.1, -0.05) is 73.7 Å². The number of hydrogen-bond acceptors (Lipinski definition) is 4. The van der Waals surface area contributed by atoms with Gasteiger partial charge in [-0.3, -0.25) is 0 Å². The molecule has 1 aliphatic carbocycles. The van der Waals surface area contributed by atoms with Crippen LogP contribution in [0.4, 0.5) is 4.39 Å². The predicted molar refractivity (Wildman–Crippen MR) is 124 cm³/mol. The Balaban J connectivity index is 1.60. The molecule has 0 amide bonds. The van der Waals surface area contributed by atoms with Gasteiger partial charge in [-0.05, 0) is 41.7 Å². The molecule has 5 atom stereocenters. The van der Waals surface area contributed by atoms with E-state index in [0.717, 1.165) is 30.5 Å². The number of esters is 1. The number of carbonyl (C=O) groups is 1. The van der Waals surface area contributed by atoms with Gasteiger partial charge >= 0.3 is 5.97 Å². The fourth-order valence-corrected chi connectivity index (χ4v) is 5.38. The summed E-state index contributed by atoms with van der Waals surface area (Å²) in [6, 6.07) is 22.9. The average Bonchev–Trinajstić information content (AvgIpc) is 3.43. The smallest absolute Gasteiger partial charge is 0.348 e. The number of halogens is 1. The maximum Gasteiger partial charge on any atom is 0.348 e. The third kappa shape index (κ3) is 3.85. The number of nitrogens with one attached hydrogen (secondary N) is 1. The fourth-order valence-electron chi connectivity index (χ4n) is 5.38. The Labute approximate surface area is 193 Å². The molecule has 5 rings (SSSR count). The monoisotopic (exact) mass is 445 g/mol. The van der Waals surface area contributed by atoms with Crippen molar-refractivity contribution in [1.82, 2.24) is 5.32 Å². The van der Waals surface area contributed by atoms with Gasteiger partial charge in [0.25, 0.3) is 0 Å². The van der Waals surface area contributed by atoms with Gasteiger partial charge in [-0.2, -0.15) is 0 Å². The fraction of sp³-hybridized carbons (Fsp3) is 0.321. The van der Waals surface area contributed by atoms with Crippen LogP contribution in [0.15, 0.2) is 78.9 Å². The summed E-state index contributed by atoms with van der Waals surface area (Å²) in [5.41, 5.74) is 0.573. The maximum absolute atomic E-state index is 13.7. The van der Waals surface area contributed by atoms with Gasteiger partial charge < -0.3 is 15.2 Å². The number of ether oxygens (including phenoxy) is 1. The summed E-state index contributed by atoms with van der Waals surface area (Å²) in [4.78, 5) is 13.7. The lowest BCUT2D eigenvalue weighted by Gasteiger charge is -2.32. The van der Waals surface area contributed by atoms with Crippen LogP contribution in [0.2, 0.25) is 0 Å². The summed E-state index contributed by atoms with van der Waals surface area (Å²) < 4.78 is 19.7. The van der Waals surface area contributed by atoms with Crippen LogP contribution in [0.5, 0.6) is 0 Å². The van der Waals surface area contributed by atoms with E-state index < -0.39 is 17.4 Å². The SMILES string of the molecule is C[C@H](c1ccccc1)c1ccccc1C(O)(C(=O)OC1C2CCC1NC2)c1ccc(F)cc1. The van der Waals surface area contributed by atoms with Gasteiger partial charge in [-0.25, -0.2) is 9.18 Å². The molecule has 5 heteroatoms. The minimum atomic E-state index is -2.06. The Kier molecular flexibility index (Phi) is 5.77. The molecule has 0 spiro atoms. The second kappa shape index (κ2) is 8.73. The zero-order chi connectivity index (χ0) is 23.0. The van der Waals surface area contributed by atoms with Crippen LogP contribution in [-0.2, 0) is 15.1 Å². The van der Waals surface area contributed by atoms with Crippen molar-refractivity contribution in [2.45, 2.75) is 43.4 Å². The van der Waals surface area contributed by atoms with E-state index in [1.165, 1.54) is 24.3 Å². The van der Waals surface area contributed by atoms with Crippen LogP contribution in [0.3, 0.4) is 0 Å². The van der Waals surface area contributed by atoms with Gasteiger partial charge in [0.2, 0.25) is 5.60 Å². The summed E-state index contributed by atoms with van der Waals surface area (Å²) >= 11 is 0. The number of hydrogen-bond donors (Lipinski definition) is 2. The van der Waals surface area contributed by atoms with Crippen LogP contribution < -0.4 is 5.32 Å². The molecule has 3 aromatic carbocycles. The van der Waals surface area contributed by atoms with Crippen molar-refractivity contribution in [1.29, 1.82) is 0 Å². The third-order valence-electron chi connectivity index (χ3n) is 7.27. The van der Waals surface area contributed by atoms with Crippen LogP contribution in [0.25, 0.3) is 0 Å². The normalized spacial score (nSPS) is 24.3. The van der Waals surface area contributed by atoms with E-state index >= 15 is 0 Å². The molecule has 0 aromatic heterocycles. The highest BCUT2D eigenvalue weighted by molar-refractivity contribution is 5.86. The summed E-state index contributed by atoms with van der Waals surface area (Å²) in [5.74, 6) is -0.965. The van der Waals surface area contributed by atoms with E-state index in [1.807, 2.05) is 49.4 Å². The Morgan fingerprint density at radius 3 is 2.36 bits per heavy atom. The number of piperidine rings is 1. The summed E-state index contributed by atoms with van der Waals surface area (Å²) in [6.07, 6.45) is 1.70. The Morgan fingerprint density at radius 1 is 1.03 bits per heavy atom.